The van der Waals surface area contributed by atoms with Gasteiger partial charge in [0, 0.05) is 29.2 Å². The van der Waals surface area contributed by atoms with Gasteiger partial charge in [-0.05, 0) is 37.1 Å². The van der Waals surface area contributed by atoms with E-state index in [0.717, 1.165) is 17.4 Å². The molecule has 158 valence electrons. The van der Waals surface area contributed by atoms with Gasteiger partial charge in [0.2, 0.25) is 0 Å². The maximum Gasteiger partial charge on any atom is 0.271 e. The van der Waals surface area contributed by atoms with Gasteiger partial charge in [-0.25, -0.2) is 0 Å². The summed E-state index contributed by atoms with van der Waals surface area (Å²) < 4.78 is 12.8. The first-order chi connectivity index (χ1) is 14.4. The number of fused-ring (bicyclic) bond motifs is 1. The first-order valence-corrected chi connectivity index (χ1v) is 9.94. The molecule has 0 unspecified atom stereocenters. The molecule has 0 fully saturated rings. The second-order valence-electron chi connectivity index (χ2n) is 7.31. The lowest BCUT2D eigenvalue weighted by atomic mass is 10.1. The third-order valence-electron chi connectivity index (χ3n) is 4.61. The molecule has 0 aliphatic rings. The van der Waals surface area contributed by atoms with Crippen LogP contribution in [0.5, 0.6) is 11.5 Å². The van der Waals surface area contributed by atoms with Gasteiger partial charge in [-0.1, -0.05) is 32.0 Å². The SMILES string of the molecule is CCOc1ccc(C(=O)NNC(=O)c2cn(CC(C)C)c3ccccc23)cc1OC. The van der Waals surface area contributed by atoms with E-state index in [1.54, 1.807) is 18.2 Å². The number of methoxy groups -OCH3 is 1. The molecular formula is C23H27N3O4. The summed E-state index contributed by atoms with van der Waals surface area (Å²) in [5.74, 6) is 0.618. The van der Waals surface area contributed by atoms with Crippen LogP contribution < -0.4 is 20.3 Å². The van der Waals surface area contributed by atoms with Crippen LogP contribution >= 0.6 is 0 Å². The molecule has 0 bridgehead atoms. The number of nitrogens with zero attached hydrogens (tertiary/aromatic N) is 1. The zero-order chi connectivity index (χ0) is 21.7. The zero-order valence-electron chi connectivity index (χ0n) is 17.7. The molecule has 0 radical (unpaired) electrons. The minimum Gasteiger partial charge on any atom is -0.493 e. The molecule has 3 aromatic rings. The Hall–Kier alpha value is -3.48. The zero-order valence-corrected chi connectivity index (χ0v) is 17.7. The van der Waals surface area contributed by atoms with Crippen LogP contribution in [-0.4, -0.2) is 30.1 Å². The van der Waals surface area contributed by atoms with Crippen molar-refractivity contribution < 1.29 is 19.1 Å². The van der Waals surface area contributed by atoms with Crippen LogP contribution in [0.3, 0.4) is 0 Å². The molecule has 0 spiro atoms. The molecule has 1 aromatic heterocycles. The Bertz CT molecular complexity index is 1060. The Labute approximate surface area is 175 Å². The molecule has 7 nitrogen and oxygen atoms in total. The number of hydrogen-bond acceptors (Lipinski definition) is 4. The summed E-state index contributed by atoms with van der Waals surface area (Å²) >= 11 is 0. The van der Waals surface area contributed by atoms with Crippen molar-refractivity contribution in [2.45, 2.75) is 27.3 Å². The highest BCUT2D eigenvalue weighted by Crippen LogP contribution is 2.28. The highest BCUT2D eigenvalue weighted by Gasteiger charge is 2.17. The Balaban J connectivity index is 1.75. The van der Waals surface area contributed by atoms with Gasteiger partial charge in [-0.3, -0.25) is 20.4 Å². The van der Waals surface area contributed by atoms with Gasteiger partial charge in [-0.2, -0.15) is 0 Å². The molecule has 1 heterocycles. The van der Waals surface area contributed by atoms with Gasteiger partial charge in [0.1, 0.15) is 0 Å². The number of hydrogen-bond donors (Lipinski definition) is 2. The van der Waals surface area contributed by atoms with Crippen molar-refractivity contribution in [1.82, 2.24) is 15.4 Å². The van der Waals surface area contributed by atoms with E-state index >= 15 is 0 Å². The van der Waals surface area contributed by atoms with Gasteiger partial charge in [-0.15, -0.1) is 0 Å². The van der Waals surface area contributed by atoms with Crippen LogP contribution in [0.25, 0.3) is 10.9 Å². The Morgan fingerprint density at radius 2 is 1.77 bits per heavy atom. The third kappa shape index (κ3) is 4.56. The summed E-state index contributed by atoms with van der Waals surface area (Å²) in [5.41, 5.74) is 6.82. The number of para-hydroxylation sites is 1. The molecular weight excluding hydrogens is 382 g/mol. The van der Waals surface area contributed by atoms with Crippen molar-refractivity contribution in [3.05, 3.63) is 59.8 Å². The Kier molecular flexibility index (Phi) is 6.61. The number of carbonyl (C=O) groups is 2. The van der Waals surface area contributed by atoms with E-state index in [-0.39, 0.29) is 5.91 Å². The average Bonchev–Trinajstić information content (AvgIpc) is 3.10. The molecule has 30 heavy (non-hydrogen) atoms. The van der Waals surface area contributed by atoms with E-state index in [1.165, 1.54) is 7.11 Å². The lowest BCUT2D eigenvalue weighted by Crippen LogP contribution is -2.41. The van der Waals surface area contributed by atoms with Crippen LogP contribution in [0.15, 0.2) is 48.7 Å². The van der Waals surface area contributed by atoms with E-state index < -0.39 is 5.91 Å². The normalized spacial score (nSPS) is 10.8. The summed E-state index contributed by atoms with van der Waals surface area (Å²) in [6, 6.07) is 12.6. The second-order valence-corrected chi connectivity index (χ2v) is 7.31. The smallest absolute Gasteiger partial charge is 0.271 e. The molecule has 0 saturated heterocycles. The van der Waals surface area contributed by atoms with Gasteiger partial charge in [0.05, 0.1) is 19.3 Å². The molecule has 0 atom stereocenters. The lowest BCUT2D eigenvalue weighted by molar-refractivity contribution is 0.0847. The molecule has 3 rings (SSSR count). The van der Waals surface area contributed by atoms with Crippen molar-refractivity contribution in [3.63, 3.8) is 0 Å². The maximum absolute atomic E-state index is 12.8. The summed E-state index contributed by atoms with van der Waals surface area (Å²) in [6.07, 6.45) is 1.83. The fourth-order valence-corrected chi connectivity index (χ4v) is 3.31. The second kappa shape index (κ2) is 9.35. The number of amides is 2. The minimum absolute atomic E-state index is 0.345. The molecule has 0 saturated carbocycles. The summed E-state index contributed by atoms with van der Waals surface area (Å²) in [4.78, 5) is 25.3. The van der Waals surface area contributed by atoms with Crippen LogP contribution in [0.1, 0.15) is 41.5 Å². The highest BCUT2D eigenvalue weighted by atomic mass is 16.5. The summed E-state index contributed by atoms with van der Waals surface area (Å²) in [6.45, 7) is 7.40. The minimum atomic E-state index is -0.449. The van der Waals surface area contributed by atoms with Crippen molar-refractivity contribution in [2.24, 2.45) is 5.92 Å². The number of benzene rings is 2. The van der Waals surface area contributed by atoms with Gasteiger partial charge in [0.15, 0.2) is 11.5 Å². The number of ether oxygens (including phenoxy) is 2. The summed E-state index contributed by atoms with van der Waals surface area (Å²) in [7, 11) is 1.51. The van der Waals surface area contributed by atoms with E-state index in [9.17, 15) is 9.59 Å². The van der Waals surface area contributed by atoms with Crippen LogP contribution in [-0.2, 0) is 6.54 Å². The van der Waals surface area contributed by atoms with E-state index in [0.29, 0.717) is 35.2 Å². The number of hydrazine groups is 1. The van der Waals surface area contributed by atoms with E-state index in [1.807, 2.05) is 37.4 Å². The van der Waals surface area contributed by atoms with Crippen LogP contribution in [0, 0.1) is 5.92 Å². The first kappa shape index (κ1) is 21.2. The number of rotatable bonds is 7. The van der Waals surface area contributed by atoms with Gasteiger partial charge < -0.3 is 14.0 Å². The lowest BCUT2D eigenvalue weighted by Gasteiger charge is -2.11. The van der Waals surface area contributed by atoms with Gasteiger partial charge >= 0.3 is 0 Å². The molecule has 0 aliphatic heterocycles. The molecule has 2 aromatic carbocycles. The van der Waals surface area contributed by atoms with Crippen molar-refractivity contribution in [1.29, 1.82) is 0 Å². The maximum atomic E-state index is 12.8. The number of carbonyl (C=O) groups excluding carboxylic acids is 2. The fourth-order valence-electron chi connectivity index (χ4n) is 3.31. The van der Waals surface area contributed by atoms with E-state index in [4.69, 9.17) is 9.47 Å². The summed E-state index contributed by atoms with van der Waals surface area (Å²) in [5, 5.41) is 0.840. The van der Waals surface area contributed by atoms with Gasteiger partial charge in [0.25, 0.3) is 11.8 Å². The highest BCUT2D eigenvalue weighted by molar-refractivity contribution is 6.08. The number of nitrogens with one attached hydrogen (secondary N) is 2. The van der Waals surface area contributed by atoms with Crippen molar-refractivity contribution >= 4 is 22.7 Å². The molecule has 7 heteroatoms. The Morgan fingerprint density at radius 3 is 2.47 bits per heavy atom. The number of aromatic nitrogens is 1. The fraction of sp³-hybridized carbons (Fsp3) is 0.304. The van der Waals surface area contributed by atoms with Crippen LogP contribution in [0.4, 0.5) is 0 Å². The quantitative estimate of drug-likeness (QED) is 0.582. The van der Waals surface area contributed by atoms with Crippen molar-refractivity contribution in [2.75, 3.05) is 13.7 Å². The van der Waals surface area contributed by atoms with Crippen LogP contribution in [0.2, 0.25) is 0 Å². The molecule has 2 N–H and O–H groups in total. The molecule has 2 amide bonds. The predicted octanol–water partition coefficient (Wildman–Crippen LogP) is 3.78. The third-order valence-corrected chi connectivity index (χ3v) is 4.61. The molecule has 0 aliphatic carbocycles. The predicted molar refractivity (Wildman–Crippen MR) is 116 cm³/mol. The first-order valence-electron chi connectivity index (χ1n) is 9.94. The average molecular weight is 409 g/mol. The largest absolute Gasteiger partial charge is 0.493 e. The van der Waals surface area contributed by atoms with Crippen molar-refractivity contribution in [3.8, 4) is 11.5 Å². The monoisotopic (exact) mass is 409 g/mol. The standard InChI is InChI=1S/C23H27N3O4/c1-5-30-20-11-10-16(12-21(20)29-4)22(27)24-25-23(28)18-14-26(13-15(2)3)19-9-7-6-8-17(18)19/h6-12,14-15H,5,13H2,1-4H3,(H,24,27)(H,25,28). The Morgan fingerprint density at radius 1 is 1.03 bits per heavy atom. The topological polar surface area (TPSA) is 81.6 Å². The van der Waals surface area contributed by atoms with E-state index in [2.05, 4.69) is 29.3 Å².